The molecule has 21 heavy (non-hydrogen) atoms. The van der Waals surface area contributed by atoms with Crippen LogP contribution in [0.5, 0.6) is 0 Å². The first-order valence-corrected chi connectivity index (χ1v) is 7.73. The van der Waals surface area contributed by atoms with E-state index in [-0.39, 0.29) is 0 Å². The lowest BCUT2D eigenvalue weighted by Crippen LogP contribution is -1.92. The zero-order valence-corrected chi connectivity index (χ0v) is 12.8. The first kappa shape index (κ1) is 13.8. The third kappa shape index (κ3) is 2.82. The molecule has 3 rings (SSSR count). The highest BCUT2D eigenvalue weighted by Gasteiger charge is 2.08. The molecule has 2 aromatic carbocycles. The van der Waals surface area contributed by atoms with Crippen LogP contribution in [0.1, 0.15) is 30.9 Å². The summed E-state index contributed by atoms with van der Waals surface area (Å²) in [4.78, 5) is 4.63. The smallest absolute Gasteiger partial charge is 0.0782 e. The molecule has 0 aliphatic heterocycles. The van der Waals surface area contributed by atoms with Gasteiger partial charge in [-0.2, -0.15) is 0 Å². The molecular weight excluding hydrogens is 254 g/mol. The van der Waals surface area contributed by atoms with Crippen molar-refractivity contribution in [2.75, 3.05) is 0 Å². The molecule has 1 aromatic heterocycles. The number of pyridine rings is 1. The van der Waals surface area contributed by atoms with Crippen molar-refractivity contribution in [3.63, 3.8) is 0 Å². The second-order valence-electron chi connectivity index (χ2n) is 5.63. The van der Waals surface area contributed by atoms with Gasteiger partial charge in [-0.1, -0.05) is 55.8 Å². The minimum absolute atomic E-state index is 1.09. The van der Waals surface area contributed by atoms with Gasteiger partial charge in [0.1, 0.15) is 0 Å². The first-order valence-electron chi connectivity index (χ1n) is 7.73. The van der Waals surface area contributed by atoms with Crippen molar-refractivity contribution < 1.29 is 0 Å². The molecule has 0 aliphatic rings. The molecule has 106 valence electrons. The number of hydrogen-bond acceptors (Lipinski definition) is 1. The van der Waals surface area contributed by atoms with E-state index in [9.17, 15) is 0 Å². The SMILES string of the molecule is CCCCc1ccc(-c2nccc3ccccc23)c(C)c1. The van der Waals surface area contributed by atoms with E-state index >= 15 is 0 Å². The van der Waals surface area contributed by atoms with E-state index in [0.717, 1.165) is 5.69 Å². The van der Waals surface area contributed by atoms with Crippen LogP contribution < -0.4 is 0 Å². The van der Waals surface area contributed by atoms with Crippen molar-refractivity contribution >= 4 is 10.8 Å². The van der Waals surface area contributed by atoms with Crippen LogP contribution in [0.3, 0.4) is 0 Å². The zero-order valence-electron chi connectivity index (χ0n) is 12.8. The van der Waals surface area contributed by atoms with Gasteiger partial charge in [0.2, 0.25) is 0 Å². The van der Waals surface area contributed by atoms with Crippen molar-refractivity contribution in [2.45, 2.75) is 33.1 Å². The Morgan fingerprint density at radius 2 is 1.86 bits per heavy atom. The summed E-state index contributed by atoms with van der Waals surface area (Å²) in [6, 6.07) is 17.3. The zero-order chi connectivity index (χ0) is 14.7. The highest BCUT2D eigenvalue weighted by atomic mass is 14.7. The fourth-order valence-electron chi connectivity index (χ4n) is 2.86. The van der Waals surface area contributed by atoms with Gasteiger partial charge in [-0.25, -0.2) is 0 Å². The number of benzene rings is 2. The molecule has 0 spiro atoms. The number of fused-ring (bicyclic) bond motifs is 1. The summed E-state index contributed by atoms with van der Waals surface area (Å²) in [5, 5.41) is 2.47. The molecular formula is C20H21N. The van der Waals surface area contributed by atoms with Gasteiger partial charge in [0.15, 0.2) is 0 Å². The Morgan fingerprint density at radius 3 is 2.67 bits per heavy atom. The molecule has 0 atom stereocenters. The highest BCUT2D eigenvalue weighted by molar-refractivity contribution is 5.95. The molecule has 0 saturated heterocycles. The molecule has 3 aromatic rings. The predicted molar refractivity (Wildman–Crippen MR) is 90.5 cm³/mol. The Hall–Kier alpha value is -2.15. The van der Waals surface area contributed by atoms with Crippen LogP contribution in [0, 0.1) is 6.92 Å². The maximum absolute atomic E-state index is 4.63. The summed E-state index contributed by atoms with van der Waals surface area (Å²) in [5.41, 5.74) is 5.07. The van der Waals surface area contributed by atoms with Crippen molar-refractivity contribution in [3.8, 4) is 11.3 Å². The number of aryl methyl sites for hydroxylation is 2. The van der Waals surface area contributed by atoms with E-state index in [1.54, 1.807) is 0 Å². The molecule has 0 amide bonds. The standard InChI is InChI=1S/C20H21N/c1-3-4-7-16-10-11-18(15(2)14-16)20-19-9-6-5-8-17(19)12-13-21-20/h5-6,8-14H,3-4,7H2,1-2H3. The number of unbranched alkanes of at least 4 members (excludes halogenated alkanes) is 1. The van der Waals surface area contributed by atoms with Crippen LogP contribution >= 0.6 is 0 Å². The summed E-state index contributed by atoms with van der Waals surface area (Å²) >= 11 is 0. The van der Waals surface area contributed by atoms with Gasteiger partial charge in [0.25, 0.3) is 0 Å². The molecule has 0 fully saturated rings. The van der Waals surface area contributed by atoms with E-state index in [1.165, 1.54) is 46.7 Å². The van der Waals surface area contributed by atoms with Gasteiger partial charge in [-0.05, 0) is 42.3 Å². The van der Waals surface area contributed by atoms with Crippen molar-refractivity contribution in [3.05, 3.63) is 65.9 Å². The van der Waals surface area contributed by atoms with Crippen LogP contribution in [0.4, 0.5) is 0 Å². The summed E-state index contributed by atoms with van der Waals surface area (Å²) in [6.07, 6.45) is 5.57. The normalized spacial score (nSPS) is 11.0. The molecule has 0 radical (unpaired) electrons. The Bertz CT molecular complexity index is 753. The molecule has 0 bridgehead atoms. The molecule has 1 nitrogen and oxygen atoms in total. The van der Waals surface area contributed by atoms with Crippen LogP contribution in [0.15, 0.2) is 54.7 Å². The average Bonchev–Trinajstić information content (AvgIpc) is 2.53. The second-order valence-corrected chi connectivity index (χ2v) is 5.63. The van der Waals surface area contributed by atoms with E-state index in [0.29, 0.717) is 0 Å². The highest BCUT2D eigenvalue weighted by Crippen LogP contribution is 2.29. The first-order chi connectivity index (χ1) is 10.3. The van der Waals surface area contributed by atoms with E-state index in [4.69, 9.17) is 0 Å². The summed E-state index contributed by atoms with van der Waals surface area (Å²) in [6.45, 7) is 4.43. The minimum atomic E-state index is 1.09. The number of nitrogens with zero attached hydrogens (tertiary/aromatic N) is 1. The van der Waals surface area contributed by atoms with Gasteiger partial charge in [-0.3, -0.25) is 4.98 Å². The summed E-state index contributed by atoms with van der Waals surface area (Å²) in [5.74, 6) is 0. The lowest BCUT2D eigenvalue weighted by atomic mass is 9.97. The molecule has 1 heteroatoms. The van der Waals surface area contributed by atoms with Gasteiger partial charge in [0, 0.05) is 17.1 Å². The van der Waals surface area contributed by atoms with Crippen LogP contribution in [0.2, 0.25) is 0 Å². The van der Waals surface area contributed by atoms with E-state index in [1.807, 2.05) is 6.20 Å². The second kappa shape index (κ2) is 6.09. The number of rotatable bonds is 4. The molecule has 0 saturated carbocycles. The molecule has 0 unspecified atom stereocenters. The minimum Gasteiger partial charge on any atom is -0.256 e. The Labute approximate surface area is 126 Å². The van der Waals surface area contributed by atoms with Gasteiger partial charge in [0.05, 0.1) is 5.69 Å². The number of hydrogen-bond donors (Lipinski definition) is 0. The molecule has 1 heterocycles. The quantitative estimate of drug-likeness (QED) is 0.608. The Kier molecular flexibility index (Phi) is 4.01. The lowest BCUT2D eigenvalue weighted by Gasteiger charge is -2.10. The Balaban J connectivity index is 2.06. The predicted octanol–water partition coefficient (Wildman–Crippen LogP) is 5.55. The summed E-state index contributed by atoms with van der Waals surface area (Å²) in [7, 11) is 0. The molecule has 0 N–H and O–H groups in total. The van der Waals surface area contributed by atoms with Crippen LogP contribution in [-0.4, -0.2) is 4.98 Å². The van der Waals surface area contributed by atoms with Gasteiger partial charge in [-0.15, -0.1) is 0 Å². The van der Waals surface area contributed by atoms with Crippen molar-refractivity contribution in [1.29, 1.82) is 0 Å². The van der Waals surface area contributed by atoms with Gasteiger partial charge >= 0.3 is 0 Å². The maximum atomic E-state index is 4.63. The maximum Gasteiger partial charge on any atom is 0.0782 e. The topological polar surface area (TPSA) is 12.9 Å². The van der Waals surface area contributed by atoms with E-state index < -0.39 is 0 Å². The van der Waals surface area contributed by atoms with Gasteiger partial charge < -0.3 is 0 Å². The summed E-state index contributed by atoms with van der Waals surface area (Å²) < 4.78 is 0. The third-order valence-electron chi connectivity index (χ3n) is 4.04. The largest absolute Gasteiger partial charge is 0.256 e. The lowest BCUT2D eigenvalue weighted by molar-refractivity contribution is 0.794. The molecule has 0 aliphatic carbocycles. The average molecular weight is 275 g/mol. The fourth-order valence-corrected chi connectivity index (χ4v) is 2.86. The number of aromatic nitrogens is 1. The van der Waals surface area contributed by atoms with E-state index in [2.05, 4.69) is 67.4 Å². The Morgan fingerprint density at radius 1 is 1.00 bits per heavy atom. The van der Waals surface area contributed by atoms with Crippen LogP contribution in [0.25, 0.3) is 22.0 Å². The van der Waals surface area contributed by atoms with Crippen molar-refractivity contribution in [2.24, 2.45) is 0 Å². The third-order valence-corrected chi connectivity index (χ3v) is 4.04. The monoisotopic (exact) mass is 275 g/mol. The van der Waals surface area contributed by atoms with Crippen molar-refractivity contribution in [1.82, 2.24) is 4.98 Å². The fraction of sp³-hybridized carbons (Fsp3) is 0.250. The van der Waals surface area contributed by atoms with Crippen LogP contribution in [-0.2, 0) is 6.42 Å².